The first-order valence-corrected chi connectivity index (χ1v) is 13.9. The Balaban J connectivity index is 1.47. The molecule has 7 rings (SSSR count). The van der Waals surface area contributed by atoms with E-state index in [4.69, 9.17) is 4.42 Å². The standard InChI is InChI=1S/C35H27FN2O4/c1-21-18-26-29(19-22(21)2)42-32-30(31(26)39)35(38(33(32)40)17-16-23-8-4-3-5-9-23)27-10-6-7-11-28(27)37(34(35)41)20-24-12-14-25(36)15-13-24/h3-15,18-19H,16-17,20H2,1-2H3. The number of amides is 2. The van der Waals surface area contributed by atoms with Gasteiger partial charge < -0.3 is 14.2 Å². The van der Waals surface area contributed by atoms with Gasteiger partial charge in [0.2, 0.25) is 5.76 Å². The van der Waals surface area contributed by atoms with Gasteiger partial charge in [0, 0.05) is 12.1 Å². The summed E-state index contributed by atoms with van der Waals surface area (Å²) in [5.74, 6) is -1.38. The molecular formula is C35H27FN2O4. The number of hydrogen-bond acceptors (Lipinski definition) is 4. The van der Waals surface area contributed by atoms with Crippen LogP contribution in [0.1, 0.15) is 43.9 Å². The maximum absolute atomic E-state index is 14.9. The fraction of sp³-hybridized carbons (Fsp3) is 0.171. The Morgan fingerprint density at radius 2 is 1.50 bits per heavy atom. The van der Waals surface area contributed by atoms with Crippen molar-refractivity contribution >= 4 is 28.5 Å². The lowest BCUT2D eigenvalue weighted by atomic mass is 9.83. The number of aryl methyl sites for hydroxylation is 2. The number of anilines is 1. The lowest BCUT2D eigenvalue weighted by Crippen LogP contribution is -2.53. The number of nitrogens with zero attached hydrogens (tertiary/aromatic N) is 2. The van der Waals surface area contributed by atoms with Gasteiger partial charge in [0.25, 0.3) is 11.8 Å². The number of carbonyl (C=O) groups excluding carboxylic acids is 2. The first-order chi connectivity index (χ1) is 20.3. The van der Waals surface area contributed by atoms with Crippen LogP contribution < -0.4 is 10.3 Å². The average Bonchev–Trinajstić information content (AvgIpc) is 3.38. The van der Waals surface area contributed by atoms with Crippen molar-refractivity contribution in [2.24, 2.45) is 0 Å². The van der Waals surface area contributed by atoms with Gasteiger partial charge in [-0.3, -0.25) is 14.4 Å². The monoisotopic (exact) mass is 558 g/mol. The highest BCUT2D eigenvalue weighted by molar-refractivity contribution is 6.17. The largest absolute Gasteiger partial charge is 0.450 e. The van der Waals surface area contributed by atoms with Crippen LogP contribution in [0.2, 0.25) is 0 Å². The molecule has 0 saturated heterocycles. The summed E-state index contributed by atoms with van der Waals surface area (Å²) in [7, 11) is 0. The van der Waals surface area contributed by atoms with Crippen molar-refractivity contribution in [2.75, 3.05) is 11.4 Å². The molecule has 208 valence electrons. The minimum Gasteiger partial charge on any atom is -0.450 e. The van der Waals surface area contributed by atoms with Crippen LogP contribution in [0.5, 0.6) is 0 Å². The summed E-state index contributed by atoms with van der Waals surface area (Å²) in [5, 5.41) is 0.330. The fourth-order valence-electron chi connectivity index (χ4n) is 6.36. The summed E-state index contributed by atoms with van der Waals surface area (Å²) >= 11 is 0. The molecule has 7 heteroatoms. The Kier molecular flexibility index (Phi) is 5.87. The van der Waals surface area contributed by atoms with Crippen molar-refractivity contribution in [1.82, 2.24) is 4.90 Å². The van der Waals surface area contributed by atoms with E-state index in [1.807, 2.05) is 62.4 Å². The molecule has 0 aliphatic carbocycles. The smallest absolute Gasteiger partial charge is 0.291 e. The lowest BCUT2D eigenvalue weighted by molar-refractivity contribution is -0.126. The number of halogens is 1. The highest BCUT2D eigenvalue weighted by atomic mass is 19.1. The summed E-state index contributed by atoms with van der Waals surface area (Å²) < 4.78 is 19.9. The van der Waals surface area contributed by atoms with Crippen molar-refractivity contribution in [2.45, 2.75) is 32.4 Å². The second kappa shape index (κ2) is 9.52. The van der Waals surface area contributed by atoms with E-state index in [0.717, 1.165) is 16.7 Å². The van der Waals surface area contributed by atoms with Crippen molar-refractivity contribution in [3.8, 4) is 0 Å². The van der Waals surface area contributed by atoms with Gasteiger partial charge in [-0.15, -0.1) is 0 Å². The Bertz CT molecular complexity index is 1970. The van der Waals surface area contributed by atoms with Crippen LogP contribution in [0.15, 0.2) is 100 Å². The summed E-state index contributed by atoms with van der Waals surface area (Å²) in [6, 6.07) is 26.5. The van der Waals surface area contributed by atoms with E-state index < -0.39 is 22.8 Å². The Hall–Kier alpha value is -5.04. The van der Waals surface area contributed by atoms with Crippen molar-refractivity contribution < 1.29 is 18.4 Å². The summed E-state index contributed by atoms with van der Waals surface area (Å²) in [6.07, 6.45) is 0.474. The van der Waals surface area contributed by atoms with E-state index in [-0.39, 0.29) is 30.2 Å². The molecule has 6 nitrogen and oxygen atoms in total. The molecule has 42 heavy (non-hydrogen) atoms. The predicted octanol–water partition coefficient (Wildman–Crippen LogP) is 6.04. The van der Waals surface area contributed by atoms with Gasteiger partial charge in [0.05, 0.1) is 23.2 Å². The third kappa shape index (κ3) is 3.66. The lowest BCUT2D eigenvalue weighted by Gasteiger charge is -2.34. The number of rotatable bonds is 5. The molecule has 3 heterocycles. The zero-order valence-electron chi connectivity index (χ0n) is 23.2. The van der Waals surface area contributed by atoms with E-state index in [0.29, 0.717) is 34.2 Å². The molecule has 2 aliphatic heterocycles. The zero-order valence-corrected chi connectivity index (χ0v) is 23.2. The minimum atomic E-state index is -1.70. The van der Waals surface area contributed by atoms with E-state index >= 15 is 0 Å². The van der Waals surface area contributed by atoms with Crippen molar-refractivity contribution in [3.05, 3.63) is 146 Å². The molecule has 0 saturated carbocycles. The maximum Gasteiger partial charge on any atom is 0.291 e. The molecule has 1 aromatic heterocycles. The molecule has 2 amide bonds. The van der Waals surface area contributed by atoms with Gasteiger partial charge in [-0.05, 0) is 72.9 Å². The third-order valence-electron chi connectivity index (χ3n) is 8.57. The molecular weight excluding hydrogens is 531 g/mol. The number of para-hydroxylation sites is 1. The summed E-state index contributed by atoms with van der Waals surface area (Å²) in [5.41, 5.74) is 2.96. The van der Waals surface area contributed by atoms with Crippen LogP contribution in [0.3, 0.4) is 0 Å². The van der Waals surface area contributed by atoms with Gasteiger partial charge in [0.15, 0.2) is 11.0 Å². The molecule has 1 spiro atoms. The minimum absolute atomic E-state index is 0.0513. The summed E-state index contributed by atoms with van der Waals surface area (Å²) in [6.45, 7) is 4.16. The normalized spacial score (nSPS) is 17.4. The van der Waals surface area contributed by atoms with Gasteiger partial charge in [-0.25, -0.2) is 4.39 Å². The zero-order chi connectivity index (χ0) is 29.2. The molecule has 0 fully saturated rings. The summed E-state index contributed by atoms with van der Waals surface area (Å²) in [4.78, 5) is 46.7. The van der Waals surface area contributed by atoms with Crippen LogP contribution >= 0.6 is 0 Å². The first-order valence-electron chi connectivity index (χ1n) is 13.9. The van der Waals surface area contributed by atoms with E-state index in [2.05, 4.69) is 0 Å². The number of carbonyl (C=O) groups is 2. The Morgan fingerprint density at radius 3 is 2.26 bits per heavy atom. The van der Waals surface area contributed by atoms with E-state index in [1.165, 1.54) is 17.0 Å². The highest BCUT2D eigenvalue weighted by Gasteiger charge is 2.64. The van der Waals surface area contributed by atoms with Crippen LogP contribution in [-0.2, 0) is 23.3 Å². The van der Waals surface area contributed by atoms with Crippen LogP contribution in [0, 0.1) is 19.7 Å². The predicted molar refractivity (Wildman–Crippen MR) is 158 cm³/mol. The average molecular weight is 559 g/mol. The second-order valence-electron chi connectivity index (χ2n) is 11.0. The molecule has 0 bridgehead atoms. The topological polar surface area (TPSA) is 70.8 Å². The SMILES string of the molecule is Cc1cc2oc3c(c(=O)c2cc1C)C1(C(=O)N(Cc2ccc(F)cc2)c2ccccc21)N(CCc1ccccc1)C3=O. The quantitative estimate of drug-likeness (QED) is 0.264. The molecule has 1 unspecified atom stereocenters. The second-order valence-corrected chi connectivity index (χ2v) is 11.0. The van der Waals surface area contributed by atoms with Gasteiger partial charge in [0.1, 0.15) is 11.4 Å². The third-order valence-corrected chi connectivity index (χ3v) is 8.57. The van der Waals surface area contributed by atoms with Gasteiger partial charge in [-0.1, -0.05) is 60.7 Å². The number of benzene rings is 4. The van der Waals surface area contributed by atoms with Crippen molar-refractivity contribution in [3.63, 3.8) is 0 Å². The molecule has 5 aromatic rings. The Labute approximate surface area is 241 Å². The van der Waals surface area contributed by atoms with E-state index in [9.17, 15) is 18.8 Å². The maximum atomic E-state index is 14.9. The van der Waals surface area contributed by atoms with Crippen LogP contribution in [0.25, 0.3) is 11.0 Å². The molecule has 0 N–H and O–H groups in total. The molecule has 4 aromatic carbocycles. The first kappa shape index (κ1) is 25.9. The fourth-order valence-corrected chi connectivity index (χ4v) is 6.36. The van der Waals surface area contributed by atoms with Gasteiger partial charge >= 0.3 is 0 Å². The van der Waals surface area contributed by atoms with Crippen LogP contribution in [-0.4, -0.2) is 23.3 Å². The van der Waals surface area contributed by atoms with Crippen molar-refractivity contribution in [1.29, 1.82) is 0 Å². The van der Waals surface area contributed by atoms with Crippen LogP contribution in [0.4, 0.5) is 10.1 Å². The number of fused-ring (bicyclic) bond motifs is 5. The Morgan fingerprint density at radius 1 is 0.810 bits per heavy atom. The molecule has 0 radical (unpaired) electrons. The van der Waals surface area contributed by atoms with Gasteiger partial charge in [-0.2, -0.15) is 0 Å². The highest BCUT2D eigenvalue weighted by Crippen LogP contribution is 2.53. The van der Waals surface area contributed by atoms with E-state index in [1.54, 1.807) is 35.2 Å². The molecule has 2 aliphatic rings. The molecule has 1 atom stereocenters. The number of hydrogen-bond donors (Lipinski definition) is 0.